The Kier molecular flexibility index (Phi) is 4.92. The molecule has 1 aliphatic rings. The predicted molar refractivity (Wildman–Crippen MR) is 89.8 cm³/mol. The highest BCUT2D eigenvalue weighted by Gasteiger charge is 2.25. The van der Waals surface area contributed by atoms with Gasteiger partial charge in [0.2, 0.25) is 5.91 Å². The van der Waals surface area contributed by atoms with E-state index >= 15 is 0 Å². The molecule has 0 fully saturated rings. The Morgan fingerprint density at radius 2 is 2.16 bits per heavy atom. The third kappa shape index (κ3) is 3.60. The molecule has 1 amide bonds. The maximum absolute atomic E-state index is 14.5. The smallest absolute Gasteiger partial charge is 0.219 e. The second-order valence-corrected chi connectivity index (χ2v) is 6.11. The molecule has 1 atom stereocenters. The average Bonchev–Trinajstić information content (AvgIpc) is 2.76. The summed E-state index contributed by atoms with van der Waals surface area (Å²) in [5.74, 6) is -0.772. The van der Waals surface area contributed by atoms with Crippen LogP contribution in [0.25, 0.3) is 0 Å². The van der Waals surface area contributed by atoms with Crippen LogP contribution >= 0.6 is 0 Å². The number of aryl methyl sites for hydroxylation is 1. The highest BCUT2D eigenvalue weighted by Crippen LogP contribution is 2.31. The first-order valence-corrected chi connectivity index (χ1v) is 8.29. The molecule has 0 bridgehead atoms. The number of carbonyl (C=O) groups is 1. The monoisotopic (exact) mass is 346 g/mol. The summed E-state index contributed by atoms with van der Waals surface area (Å²) in [5, 5.41) is 3.11. The maximum Gasteiger partial charge on any atom is 0.219 e. The van der Waals surface area contributed by atoms with Crippen molar-refractivity contribution in [2.45, 2.75) is 39.3 Å². The van der Waals surface area contributed by atoms with Crippen molar-refractivity contribution in [3.05, 3.63) is 53.0 Å². The van der Waals surface area contributed by atoms with Crippen molar-refractivity contribution in [1.82, 2.24) is 14.9 Å². The topological polar surface area (TPSA) is 58.1 Å². The van der Waals surface area contributed by atoms with E-state index in [0.717, 1.165) is 11.1 Å². The Labute approximate surface area is 145 Å². The minimum Gasteiger partial charge on any atom is -0.361 e. The molecule has 5 nitrogen and oxygen atoms in total. The van der Waals surface area contributed by atoms with Crippen molar-refractivity contribution < 1.29 is 13.6 Å². The molecule has 1 aliphatic heterocycles. The summed E-state index contributed by atoms with van der Waals surface area (Å²) in [7, 11) is 0. The van der Waals surface area contributed by atoms with Crippen LogP contribution in [0.1, 0.15) is 43.1 Å². The van der Waals surface area contributed by atoms with E-state index in [9.17, 15) is 13.6 Å². The van der Waals surface area contributed by atoms with E-state index in [1.807, 2.05) is 6.92 Å². The molecule has 7 heteroatoms. The van der Waals surface area contributed by atoms with Crippen LogP contribution < -0.4 is 5.32 Å². The standard InChI is InChI=1S/C18H20F2N4O/c1-3-15-17(20)18(22-10-21-15)23-16-6-7-24(11(2)25)9-12-8-13(19)4-5-14(12)16/h4-5,8,10,16H,3,6-7,9H2,1-2H3,(H,21,22,23). The van der Waals surface area contributed by atoms with Crippen molar-refractivity contribution in [1.29, 1.82) is 0 Å². The molecule has 1 unspecified atom stereocenters. The number of amides is 1. The van der Waals surface area contributed by atoms with Crippen LogP contribution in [-0.4, -0.2) is 27.3 Å². The lowest BCUT2D eigenvalue weighted by Crippen LogP contribution is -2.28. The highest BCUT2D eigenvalue weighted by atomic mass is 19.1. The van der Waals surface area contributed by atoms with Crippen molar-refractivity contribution in [2.24, 2.45) is 0 Å². The molecular weight excluding hydrogens is 326 g/mol. The lowest BCUT2D eigenvalue weighted by molar-refractivity contribution is -0.129. The van der Waals surface area contributed by atoms with E-state index in [-0.39, 0.29) is 23.6 Å². The predicted octanol–water partition coefficient (Wildman–Crippen LogP) is 3.22. The molecule has 0 spiro atoms. The zero-order valence-corrected chi connectivity index (χ0v) is 14.2. The van der Waals surface area contributed by atoms with E-state index in [0.29, 0.717) is 31.6 Å². The number of rotatable bonds is 3. The van der Waals surface area contributed by atoms with Crippen LogP contribution in [0.4, 0.5) is 14.6 Å². The van der Waals surface area contributed by atoms with Gasteiger partial charge in [-0.3, -0.25) is 4.79 Å². The Balaban J connectivity index is 1.96. The molecule has 1 aromatic heterocycles. The number of fused-ring (bicyclic) bond motifs is 1. The Morgan fingerprint density at radius 3 is 2.88 bits per heavy atom. The first kappa shape index (κ1) is 17.3. The molecule has 1 aromatic carbocycles. The number of benzene rings is 1. The van der Waals surface area contributed by atoms with E-state index < -0.39 is 5.82 Å². The van der Waals surface area contributed by atoms with E-state index in [4.69, 9.17) is 0 Å². The Hall–Kier alpha value is -2.57. The first-order chi connectivity index (χ1) is 12.0. The van der Waals surface area contributed by atoms with Crippen molar-refractivity contribution in [2.75, 3.05) is 11.9 Å². The lowest BCUT2D eigenvalue weighted by atomic mass is 9.99. The van der Waals surface area contributed by atoms with Crippen LogP contribution in [0.15, 0.2) is 24.5 Å². The third-order valence-corrected chi connectivity index (χ3v) is 4.48. The number of hydrogen-bond donors (Lipinski definition) is 1. The maximum atomic E-state index is 14.5. The van der Waals surface area contributed by atoms with Gasteiger partial charge in [-0.2, -0.15) is 0 Å². The number of nitrogens with one attached hydrogen (secondary N) is 1. The normalized spacial score (nSPS) is 17.0. The average molecular weight is 346 g/mol. The molecule has 0 radical (unpaired) electrons. The second-order valence-electron chi connectivity index (χ2n) is 6.11. The van der Waals surface area contributed by atoms with Crippen LogP contribution in [0.5, 0.6) is 0 Å². The van der Waals surface area contributed by atoms with Gasteiger partial charge in [0.1, 0.15) is 12.1 Å². The van der Waals surface area contributed by atoms with Crippen molar-refractivity contribution in [3.8, 4) is 0 Å². The molecule has 2 aromatic rings. The quantitative estimate of drug-likeness (QED) is 0.927. The zero-order valence-electron chi connectivity index (χ0n) is 14.2. The number of anilines is 1. The lowest BCUT2D eigenvalue weighted by Gasteiger charge is -2.20. The molecule has 0 aliphatic carbocycles. The van der Waals surface area contributed by atoms with Gasteiger partial charge in [-0.25, -0.2) is 18.7 Å². The van der Waals surface area contributed by atoms with E-state index in [1.165, 1.54) is 25.4 Å². The third-order valence-electron chi connectivity index (χ3n) is 4.48. The van der Waals surface area contributed by atoms with Crippen LogP contribution in [-0.2, 0) is 17.8 Å². The Morgan fingerprint density at radius 1 is 1.36 bits per heavy atom. The first-order valence-electron chi connectivity index (χ1n) is 8.29. The van der Waals surface area contributed by atoms with Crippen LogP contribution in [0, 0.1) is 11.6 Å². The van der Waals surface area contributed by atoms with Crippen LogP contribution in [0.3, 0.4) is 0 Å². The second kappa shape index (κ2) is 7.13. The summed E-state index contributed by atoms with van der Waals surface area (Å²) in [6, 6.07) is 4.23. The summed E-state index contributed by atoms with van der Waals surface area (Å²) < 4.78 is 28.1. The van der Waals surface area contributed by atoms with E-state index in [1.54, 1.807) is 11.0 Å². The molecule has 2 heterocycles. The fourth-order valence-corrected chi connectivity index (χ4v) is 3.11. The van der Waals surface area contributed by atoms with E-state index in [2.05, 4.69) is 15.3 Å². The number of halogens is 2. The molecular formula is C18H20F2N4O. The summed E-state index contributed by atoms with van der Waals surface area (Å²) >= 11 is 0. The van der Waals surface area contributed by atoms with Gasteiger partial charge < -0.3 is 10.2 Å². The van der Waals surface area contributed by atoms with Gasteiger partial charge in [-0.05, 0) is 36.1 Å². The summed E-state index contributed by atoms with van der Waals surface area (Å²) in [6.07, 6.45) is 2.37. The number of carbonyl (C=O) groups excluding carboxylic acids is 1. The van der Waals surface area contributed by atoms with Gasteiger partial charge in [-0.1, -0.05) is 13.0 Å². The minimum atomic E-state index is -0.471. The van der Waals surface area contributed by atoms with Gasteiger partial charge in [-0.15, -0.1) is 0 Å². The molecule has 0 saturated heterocycles. The molecule has 1 N–H and O–H groups in total. The number of hydrogen-bond acceptors (Lipinski definition) is 4. The summed E-state index contributed by atoms with van der Waals surface area (Å²) in [5.41, 5.74) is 1.91. The van der Waals surface area contributed by atoms with Crippen molar-refractivity contribution >= 4 is 11.7 Å². The SMILES string of the molecule is CCc1ncnc(NC2CCN(C(C)=O)Cc3cc(F)ccc32)c1F. The number of aromatic nitrogens is 2. The fraction of sp³-hybridized carbons (Fsp3) is 0.389. The molecule has 3 rings (SSSR count). The molecule has 0 saturated carbocycles. The summed E-state index contributed by atoms with van der Waals surface area (Å²) in [4.78, 5) is 21.4. The fourth-order valence-electron chi connectivity index (χ4n) is 3.11. The minimum absolute atomic E-state index is 0.0719. The molecule has 25 heavy (non-hydrogen) atoms. The van der Waals surface area contributed by atoms with Gasteiger partial charge >= 0.3 is 0 Å². The van der Waals surface area contributed by atoms with Crippen LogP contribution in [0.2, 0.25) is 0 Å². The number of nitrogens with zero attached hydrogens (tertiary/aromatic N) is 3. The van der Waals surface area contributed by atoms with Gasteiger partial charge in [0.15, 0.2) is 11.6 Å². The highest BCUT2D eigenvalue weighted by molar-refractivity contribution is 5.73. The van der Waals surface area contributed by atoms with Gasteiger partial charge in [0, 0.05) is 20.0 Å². The summed E-state index contributed by atoms with van der Waals surface area (Å²) in [6.45, 7) is 4.15. The van der Waals surface area contributed by atoms with Crippen molar-refractivity contribution in [3.63, 3.8) is 0 Å². The molecule has 132 valence electrons. The van der Waals surface area contributed by atoms with Gasteiger partial charge in [0.05, 0.1) is 11.7 Å². The van der Waals surface area contributed by atoms with Gasteiger partial charge in [0.25, 0.3) is 0 Å². The Bertz CT molecular complexity index is 797. The zero-order chi connectivity index (χ0) is 18.0. The largest absolute Gasteiger partial charge is 0.361 e.